The van der Waals surface area contributed by atoms with E-state index in [4.69, 9.17) is 0 Å². The maximum Gasteiger partial charge on any atom is 0.435 e. The van der Waals surface area contributed by atoms with Gasteiger partial charge in [-0.2, -0.15) is 22.8 Å². The lowest BCUT2D eigenvalue weighted by molar-refractivity contribution is -0.140. The van der Waals surface area contributed by atoms with Crippen molar-refractivity contribution in [3.63, 3.8) is 0 Å². The molecular weight excluding hydrogens is 427 g/mol. The number of piperazine rings is 1. The quantitative estimate of drug-likeness (QED) is 0.435. The fourth-order valence-corrected chi connectivity index (χ4v) is 4.39. The minimum atomic E-state index is -4.58. The van der Waals surface area contributed by atoms with E-state index in [-0.39, 0.29) is 11.2 Å². The number of halogens is 3. The van der Waals surface area contributed by atoms with Crippen LogP contribution in [0.1, 0.15) is 17.0 Å². The van der Waals surface area contributed by atoms with E-state index in [9.17, 15) is 13.2 Å². The van der Waals surface area contributed by atoms with Crippen molar-refractivity contribution in [1.82, 2.24) is 19.5 Å². The third-order valence-corrected chi connectivity index (χ3v) is 5.97. The van der Waals surface area contributed by atoms with Crippen LogP contribution in [0, 0.1) is 6.92 Å². The molecule has 8 heteroatoms. The van der Waals surface area contributed by atoms with Gasteiger partial charge in [-0.1, -0.05) is 60.7 Å². The van der Waals surface area contributed by atoms with Crippen LogP contribution in [0.2, 0.25) is 0 Å². The van der Waals surface area contributed by atoms with Gasteiger partial charge in [-0.05, 0) is 18.1 Å². The highest BCUT2D eigenvalue weighted by Gasteiger charge is 2.39. The summed E-state index contributed by atoms with van der Waals surface area (Å²) in [6.45, 7) is 5.70. The van der Waals surface area contributed by atoms with Gasteiger partial charge >= 0.3 is 6.18 Å². The van der Waals surface area contributed by atoms with Crippen LogP contribution >= 0.6 is 0 Å². The van der Waals surface area contributed by atoms with Gasteiger partial charge in [0.05, 0.1) is 5.56 Å². The number of benzene rings is 2. The molecule has 0 bridgehead atoms. The van der Waals surface area contributed by atoms with E-state index in [0.717, 1.165) is 19.6 Å². The molecule has 1 aliphatic rings. The summed E-state index contributed by atoms with van der Waals surface area (Å²) in [5.41, 5.74) is 1.72. The zero-order valence-electron chi connectivity index (χ0n) is 18.3. The molecule has 1 saturated heterocycles. The first-order chi connectivity index (χ1) is 15.9. The Bertz CT molecular complexity index is 1240. The first kappa shape index (κ1) is 21.5. The third-order valence-electron chi connectivity index (χ3n) is 5.97. The Hall–Kier alpha value is -3.39. The number of anilines is 1. The van der Waals surface area contributed by atoms with Gasteiger partial charge in [-0.25, -0.2) is 4.98 Å². The molecule has 0 unspecified atom stereocenters. The Morgan fingerprint density at radius 3 is 2.15 bits per heavy atom. The molecule has 2 aromatic heterocycles. The van der Waals surface area contributed by atoms with Crippen molar-refractivity contribution in [2.75, 3.05) is 31.1 Å². The van der Waals surface area contributed by atoms with Gasteiger partial charge in [0.2, 0.25) is 0 Å². The lowest BCUT2D eigenvalue weighted by Crippen LogP contribution is -2.46. The highest BCUT2D eigenvalue weighted by molar-refractivity contribution is 5.81. The Kier molecular flexibility index (Phi) is 5.54. The zero-order chi connectivity index (χ0) is 23.0. The summed E-state index contributed by atoms with van der Waals surface area (Å²) in [5.74, 6) is 0.643. The second-order valence-electron chi connectivity index (χ2n) is 8.33. The number of aryl methyl sites for hydroxylation is 1. The standard InChI is InChI=1S/C25H24F3N5/c1-18-16-21(32-14-12-31(13-15-32)17-19-8-4-2-5-9-19)33-24(29-18)22(20-10-6-3-7-11-20)23(30-33)25(26,27)28/h2-11,16H,12-15,17H2,1H3. The Morgan fingerprint density at radius 2 is 1.52 bits per heavy atom. The van der Waals surface area contributed by atoms with Gasteiger partial charge in [-0.3, -0.25) is 4.90 Å². The average molecular weight is 451 g/mol. The number of hydrogen-bond acceptors (Lipinski definition) is 4. The van der Waals surface area contributed by atoms with E-state index in [1.54, 1.807) is 30.3 Å². The number of hydrogen-bond donors (Lipinski definition) is 0. The van der Waals surface area contributed by atoms with Crippen molar-refractivity contribution in [3.05, 3.63) is 83.7 Å². The fourth-order valence-electron chi connectivity index (χ4n) is 4.39. The van der Waals surface area contributed by atoms with Gasteiger partial charge in [0.1, 0.15) is 5.82 Å². The molecule has 3 heterocycles. The first-order valence-corrected chi connectivity index (χ1v) is 10.9. The average Bonchev–Trinajstić information content (AvgIpc) is 3.20. The molecule has 0 amide bonds. The van der Waals surface area contributed by atoms with Crippen molar-refractivity contribution in [1.29, 1.82) is 0 Å². The summed E-state index contributed by atoms with van der Waals surface area (Å²) >= 11 is 0. The van der Waals surface area contributed by atoms with E-state index >= 15 is 0 Å². The van der Waals surface area contributed by atoms with Gasteiger partial charge in [0.25, 0.3) is 0 Å². The van der Waals surface area contributed by atoms with E-state index in [1.807, 2.05) is 31.2 Å². The fraction of sp³-hybridized carbons (Fsp3) is 0.280. The Balaban J connectivity index is 1.50. The Labute approximate surface area is 190 Å². The van der Waals surface area contributed by atoms with Crippen molar-refractivity contribution in [2.45, 2.75) is 19.6 Å². The van der Waals surface area contributed by atoms with Crippen LogP contribution in [0.3, 0.4) is 0 Å². The summed E-state index contributed by atoms with van der Waals surface area (Å²) < 4.78 is 43.3. The van der Waals surface area contributed by atoms with Crippen molar-refractivity contribution >= 4 is 11.5 Å². The number of rotatable bonds is 4. The van der Waals surface area contributed by atoms with Crippen LogP contribution in [0.15, 0.2) is 66.7 Å². The maximum atomic E-state index is 14.0. The number of alkyl halides is 3. The molecule has 0 atom stereocenters. The summed E-state index contributed by atoms with van der Waals surface area (Å²) in [6, 6.07) is 20.7. The Morgan fingerprint density at radius 1 is 0.879 bits per heavy atom. The van der Waals surface area contributed by atoms with Crippen LogP contribution < -0.4 is 4.90 Å². The van der Waals surface area contributed by atoms with Crippen LogP contribution in [0.4, 0.5) is 19.0 Å². The van der Waals surface area contributed by atoms with Crippen molar-refractivity contribution in [3.8, 4) is 11.1 Å². The normalized spacial score (nSPS) is 15.3. The van der Waals surface area contributed by atoms with Crippen molar-refractivity contribution in [2.24, 2.45) is 0 Å². The minimum Gasteiger partial charge on any atom is -0.354 e. The summed E-state index contributed by atoms with van der Waals surface area (Å²) in [6.07, 6.45) is -4.58. The summed E-state index contributed by atoms with van der Waals surface area (Å²) in [4.78, 5) is 8.94. The zero-order valence-corrected chi connectivity index (χ0v) is 18.3. The van der Waals surface area contributed by atoms with E-state index in [1.165, 1.54) is 10.1 Å². The summed E-state index contributed by atoms with van der Waals surface area (Å²) in [5, 5.41) is 4.04. The minimum absolute atomic E-state index is 0.0239. The lowest BCUT2D eigenvalue weighted by atomic mass is 10.1. The summed E-state index contributed by atoms with van der Waals surface area (Å²) in [7, 11) is 0. The van der Waals surface area contributed by atoms with E-state index in [2.05, 4.69) is 32.0 Å². The van der Waals surface area contributed by atoms with Crippen molar-refractivity contribution < 1.29 is 13.2 Å². The molecular formula is C25H24F3N5. The first-order valence-electron chi connectivity index (χ1n) is 10.9. The second-order valence-corrected chi connectivity index (χ2v) is 8.33. The second kappa shape index (κ2) is 8.51. The molecule has 0 saturated carbocycles. The van der Waals surface area contributed by atoms with E-state index < -0.39 is 11.9 Å². The molecule has 0 N–H and O–H groups in total. The molecule has 1 aliphatic heterocycles. The number of fused-ring (bicyclic) bond motifs is 1. The molecule has 2 aromatic carbocycles. The van der Waals surface area contributed by atoms with Gasteiger partial charge in [0.15, 0.2) is 11.3 Å². The topological polar surface area (TPSA) is 36.7 Å². The highest BCUT2D eigenvalue weighted by atomic mass is 19.4. The third kappa shape index (κ3) is 4.30. The molecule has 0 aliphatic carbocycles. The van der Waals surface area contributed by atoms with E-state index in [0.29, 0.717) is 30.2 Å². The number of nitrogens with zero attached hydrogens (tertiary/aromatic N) is 5. The predicted octanol–water partition coefficient (Wildman–Crippen LogP) is 5.05. The molecule has 170 valence electrons. The number of aromatic nitrogens is 3. The van der Waals surface area contributed by atoms with Gasteiger partial charge < -0.3 is 4.90 Å². The maximum absolute atomic E-state index is 14.0. The molecule has 0 spiro atoms. The van der Waals surface area contributed by atoms with Gasteiger partial charge in [0, 0.05) is 44.5 Å². The van der Waals surface area contributed by atoms with Crippen LogP contribution in [-0.4, -0.2) is 45.7 Å². The van der Waals surface area contributed by atoms with Gasteiger partial charge in [-0.15, -0.1) is 0 Å². The largest absolute Gasteiger partial charge is 0.435 e. The molecule has 0 radical (unpaired) electrons. The molecule has 4 aromatic rings. The molecule has 5 nitrogen and oxygen atoms in total. The predicted molar refractivity (Wildman–Crippen MR) is 122 cm³/mol. The van der Waals surface area contributed by atoms with Crippen LogP contribution in [0.5, 0.6) is 0 Å². The van der Waals surface area contributed by atoms with Crippen LogP contribution in [0.25, 0.3) is 16.8 Å². The highest BCUT2D eigenvalue weighted by Crippen LogP contribution is 2.39. The smallest absolute Gasteiger partial charge is 0.354 e. The SMILES string of the molecule is Cc1cc(N2CCN(Cc3ccccc3)CC2)n2nc(C(F)(F)F)c(-c3ccccc3)c2n1. The molecule has 1 fully saturated rings. The molecule has 5 rings (SSSR count). The lowest BCUT2D eigenvalue weighted by Gasteiger charge is -2.36. The molecule has 33 heavy (non-hydrogen) atoms. The van der Waals surface area contributed by atoms with Crippen LogP contribution in [-0.2, 0) is 12.7 Å². The monoisotopic (exact) mass is 451 g/mol.